The summed E-state index contributed by atoms with van der Waals surface area (Å²) in [7, 11) is 0. The zero-order valence-corrected chi connectivity index (χ0v) is 12.8. The lowest BCUT2D eigenvalue weighted by atomic mass is 10.1. The minimum Gasteiger partial charge on any atom is -0.273 e. The molecule has 22 heavy (non-hydrogen) atoms. The predicted octanol–water partition coefficient (Wildman–Crippen LogP) is 1.44. The fourth-order valence-corrected chi connectivity index (χ4v) is 3.90. The summed E-state index contributed by atoms with van der Waals surface area (Å²) in [6, 6.07) is 1.08. The van der Waals surface area contributed by atoms with Gasteiger partial charge in [0, 0.05) is 16.2 Å². The highest BCUT2D eigenvalue weighted by molar-refractivity contribution is 7.14. The van der Waals surface area contributed by atoms with Gasteiger partial charge in [0.05, 0.1) is 4.88 Å². The third kappa shape index (κ3) is 3.11. The van der Waals surface area contributed by atoms with Gasteiger partial charge in [0.2, 0.25) is 11.9 Å². The van der Waals surface area contributed by atoms with Crippen LogP contribution in [0.1, 0.15) is 45.8 Å². The van der Waals surface area contributed by atoms with E-state index in [0.29, 0.717) is 4.88 Å². The number of nitrogens with zero attached hydrogens (tertiary/aromatic N) is 1. The highest BCUT2D eigenvalue weighted by atomic mass is 32.1. The quantitative estimate of drug-likeness (QED) is 0.499. The van der Waals surface area contributed by atoms with Crippen LogP contribution in [0.4, 0.5) is 0 Å². The van der Waals surface area contributed by atoms with Crippen molar-refractivity contribution < 1.29 is 14.5 Å². The monoisotopic (exact) mass is 323 g/mol. The molecule has 2 aliphatic rings. The first kappa shape index (κ1) is 15.0. The van der Waals surface area contributed by atoms with Crippen LogP contribution in [0.25, 0.3) is 0 Å². The molecular weight excluding hydrogens is 306 g/mol. The molecule has 1 aromatic heterocycles. The number of rotatable bonds is 3. The van der Waals surface area contributed by atoms with Crippen LogP contribution < -0.4 is 10.9 Å². The molecule has 8 heteroatoms. The first-order chi connectivity index (χ1) is 10.6. The number of aryl methyl sites for hydroxylation is 2. The second-order valence-electron chi connectivity index (χ2n) is 5.76. The molecule has 1 saturated carbocycles. The van der Waals surface area contributed by atoms with Gasteiger partial charge in [-0.1, -0.05) is 6.42 Å². The summed E-state index contributed by atoms with van der Waals surface area (Å²) in [5, 5.41) is 10.5. The Bertz CT molecular complexity index is 604. The number of hydrogen-bond acceptors (Lipinski definition) is 5. The third-order valence-corrected chi connectivity index (χ3v) is 5.37. The molecule has 7 nitrogen and oxygen atoms in total. The van der Waals surface area contributed by atoms with E-state index in [1.54, 1.807) is 0 Å². The number of carbonyl (C=O) groups is 2. The zero-order valence-electron chi connectivity index (χ0n) is 12.0. The number of hydrazine groups is 1. The molecular formula is C14H17N3O4S. The second-order valence-corrected chi connectivity index (χ2v) is 6.89. The van der Waals surface area contributed by atoms with Crippen molar-refractivity contribution in [1.29, 1.82) is 0 Å². The topological polar surface area (TPSA) is 101 Å². The summed E-state index contributed by atoms with van der Waals surface area (Å²) >= 11 is 1.47. The summed E-state index contributed by atoms with van der Waals surface area (Å²) in [5.74, 6) is -1.48. The maximum absolute atomic E-state index is 12.1. The molecule has 0 spiro atoms. The molecule has 1 heterocycles. The molecule has 2 atom stereocenters. The van der Waals surface area contributed by atoms with Crippen molar-refractivity contribution >= 4 is 23.2 Å². The van der Waals surface area contributed by atoms with Crippen molar-refractivity contribution in [2.45, 2.75) is 44.6 Å². The van der Waals surface area contributed by atoms with E-state index < -0.39 is 22.8 Å². The molecule has 1 fully saturated rings. The second kappa shape index (κ2) is 6.04. The summed E-state index contributed by atoms with van der Waals surface area (Å²) in [5.41, 5.74) is 5.87. The van der Waals surface area contributed by atoms with E-state index in [4.69, 9.17) is 0 Å². The molecule has 2 N–H and O–H groups in total. The Hall–Kier alpha value is -1.96. The van der Waals surface area contributed by atoms with E-state index in [1.165, 1.54) is 28.2 Å². The minimum absolute atomic E-state index is 0.238. The van der Waals surface area contributed by atoms with Crippen molar-refractivity contribution in [2.75, 3.05) is 0 Å². The SMILES string of the molecule is O=C(NNC(=O)[C@H]1C[C@H]1[N+](=O)[O-])c1cc2c(s1)CCCCC2. The van der Waals surface area contributed by atoms with Crippen molar-refractivity contribution in [3.8, 4) is 0 Å². The Morgan fingerprint density at radius 1 is 1.23 bits per heavy atom. The van der Waals surface area contributed by atoms with Gasteiger partial charge in [-0.25, -0.2) is 0 Å². The van der Waals surface area contributed by atoms with Gasteiger partial charge in [0.15, 0.2) is 0 Å². The average molecular weight is 323 g/mol. The molecule has 0 unspecified atom stereocenters. The molecule has 2 amide bonds. The van der Waals surface area contributed by atoms with Gasteiger partial charge in [-0.05, 0) is 37.3 Å². The average Bonchev–Trinajstić information content (AvgIpc) is 3.24. The Labute approximate surface area is 131 Å². The van der Waals surface area contributed by atoms with Crippen molar-refractivity contribution in [1.82, 2.24) is 10.9 Å². The van der Waals surface area contributed by atoms with Crippen LogP contribution in [-0.2, 0) is 17.6 Å². The van der Waals surface area contributed by atoms with Gasteiger partial charge in [-0.15, -0.1) is 11.3 Å². The molecule has 0 bridgehead atoms. The first-order valence-electron chi connectivity index (χ1n) is 7.41. The highest BCUT2D eigenvalue weighted by Crippen LogP contribution is 2.33. The summed E-state index contributed by atoms with van der Waals surface area (Å²) in [6.45, 7) is 0. The number of fused-ring (bicyclic) bond motifs is 1. The van der Waals surface area contributed by atoms with Crippen molar-refractivity contribution in [3.05, 3.63) is 31.5 Å². The van der Waals surface area contributed by atoms with Crippen molar-refractivity contribution in [2.24, 2.45) is 5.92 Å². The normalized spacial score (nSPS) is 23.1. The van der Waals surface area contributed by atoms with Gasteiger partial charge >= 0.3 is 0 Å². The van der Waals surface area contributed by atoms with Gasteiger partial charge in [-0.2, -0.15) is 0 Å². The molecule has 2 aliphatic carbocycles. The summed E-state index contributed by atoms with van der Waals surface area (Å²) < 4.78 is 0. The zero-order chi connectivity index (χ0) is 15.7. The van der Waals surface area contributed by atoms with Crippen LogP contribution in [-0.4, -0.2) is 22.8 Å². The van der Waals surface area contributed by atoms with E-state index in [1.807, 2.05) is 6.07 Å². The molecule has 0 saturated heterocycles. The third-order valence-electron chi connectivity index (χ3n) is 4.13. The number of nitrogens with one attached hydrogen (secondary N) is 2. The lowest BCUT2D eigenvalue weighted by Gasteiger charge is -2.04. The maximum atomic E-state index is 12.1. The van der Waals surface area contributed by atoms with Gasteiger partial charge in [-0.3, -0.25) is 30.6 Å². The largest absolute Gasteiger partial charge is 0.279 e. The van der Waals surface area contributed by atoms with Crippen LogP contribution in [0.15, 0.2) is 6.07 Å². The molecule has 1 aromatic rings. The van der Waals surface area contributed by atoms with E-state index >= 15 is 0 Å². The summed E-state index contributed by atoms with van der Waals surface area (Å²) in [6.07, 6.45) is 5.75. The van der Waals surface area contributed by atoms with Gasteiger partial charge in [0.1, 0.15) is 5.92 Å². The smallest absolute Gasteiger partial charge is 0.273 e. The number of amides is 2. The lowest BCUT2D eigenvalue weighted by Crippen LogP contribution is -2.42. The number of nitro groups is 1. The number of hydrogen-bond donors (Lipinski definition) is 2. The lowest BCUT2D eigenvalue weighted by molar-refractivity contribution is -0.497. The Morgan fingerprint density at radius 3 is 2.73 bits per heavy atom. The standard InChI is InChI=1S/C14H17N3O4S/c18-13(9-7-10(9)17(20)21)15-16-14(19)12-6-8-4-2-1-3-5-11(8)22-12/h6,9-10H,1-5,7H2,(H,15,18)(H,16,19)/t9-,10+/m0/s1. The molecule has 0 radical (unpaired) electrons. The van der Waals surface area contributed by atoms with E-state index in [-0.39, 0.29) is 12.3 Å². The van der Waals surface area contributed by atoms with Crippen LogP contribution in [0.5, 0.6) is 0 Å². The van der Waals surface area contributed by atoms with Crippen LogP contribution in [0.2, 0.25) is 0 Å². The minimum atomic E-state index is -0.810. The molecule has 0 aliphatic heterocycles. The first-order valence-corrected chi connectivity index (χ1v) is 8.23. The van der Waals surface area contributed by atoms with Crippen molar-refractivity contribution in [3.63, 3.8) is 0 Å². The van der Waals surface area contributed by atoms with Gasteiger partial charge in [0.25, 0.3) is 5.91 Å². The van der Waals surface area contributed by atoms with Crippen LogP contribution in [0, 0.1) is 16.0 Å². The molecule has 3 rings (SSSR count). The van der Waals surface area contributed by atoms with Crippen LogP contribution in [0.3, 0.4) is 0 Å². The number of carbonyl (C=O) groups excluding carboxylic acids is 2. The van der Waals surface area contributed by atoms with E-state index in [2.05, 4.69) is 10.9 Å². The molecule has 0 aromatic carbocycles. The Kier molecular flexibility index (Phi) is 4.10. The fraction of sp³-hybridized carbons (Fsp3) is 0.571. The van der Waals surface area contributed by atoms with E-state index in [0.717, 1.165) is 25.7 Å². The van der Waals surface area contributed by atoms with Gasteiger partial charge < -0.3 is 0 Å². The Morgan fingerprint density at radius 2 is 2.00 bits per heavy atom. The summed E-state index contributed by atoms with van der Waals surface area (Å²) in [4.78, 5) is 35.6. The highest BCUT2D eigenvalue weighted by Gasteiger charge is 2.53. The molecule has 118 valence electrons. The number of thiophene rings is 1. The maximum Gasteiger partial charge on any atom is 0.279 e. The van der Waals surface area contributed by atoms with Crippen LogP contribution >= 0.6 is 11.3 Å². The van der Waals surface area contributed by atoms with E-state index in [9.17, 15) is 19.7 Å². The fourth-order valence-electron chi connectivity index (χ4n) is 2.75. The Balaban J connectivity index is 1.54. The predicted molar refractivity (Wildman–Crippen MR) is 80.1 cm³/mol.